The molecule has 0 aliphatic carbocycles. The summed E-state index contributed by atoms with van der Waals surface area (Å²) in [4.78, 5) is 0. The lowest BCUT2D eigenvalue weighted by Crippen LogP contribution is -1.99. The van der Waals surface area contributed by atoms with Crippen molar-refractivity contribution in [3.8, 4) is 0 Å². The molecule has 0 aromatic heterocycles. The third-order valence-corrected chi connectivity index (χ3v) is 2.30. The van der Waals surface area contributed by atoms with Crippen LogP contribution in [0.15, 0.2) is 22.7 Å². The van der Waals surface area contributed by atoms with Crippen molar-refractivity contribution in [2.45, 2.75) is 6.10 Å². The first-order chi connectivity index (χ1) is 5.65. The van der Waals surface area contributed by atoms with Gasteiger partial charge in [-0.2, -0.15) is 0 Å². The van der Waals surface area contributed by atoms with Crippen LogP contribution >= 0.6 is 27.5 Å². The number of hydrogen-bond acceptors (Lipinski definition) is 1. The van der Waals surface area contributed by atoms with Crippen LogP contribution in [0.2, 0.25) is 5.02 Å². The smallest absolute Gasteiger partial charge is 0.120 e. The molecule has 0 saturated carbocycles. The molecule has 0 bridgehead atoms. The molecule has 66 valence electrons. The van der Waals surface area contributed by atoms with Crippen molar-refractivity contribution >= 4 is 27.5 Å². The average Bonchev–Trinajstić information content (AvgIpc) is 2.08. The van der Waals surface area contributed by atoms with Crippen molar-refractivity contribution in [1.82, 2.24) is 0 Å². The summed E-state index contributed by atoms with van der Waals surface area (Å²) in [5, 5.41) is 9.53. The Balaban J connectivity index is 3.04. The Morgan fingerprint density at radius 3 is 2.83 bits per heavy atom. The second-order valence-corrected chi connectivity index (χ2v) is 3.66. The molecule has 1 unspecified atom stereocenters. The first-order valence-electron chi connectivity index (χ1n) is 3.34. The van der Waals surface area contributed by atoms with Gasteiger partial charge in [-0.1, -0.05) is 27.5 Å². The molecule has 0 fully saturated rings. The van der Waals surface area contributed by atoms with Gasteiger partial charge in [0, 0.05) is 15.1 Å². The van der Waals surface area contributed by atoms with Gasteiger partial charge < -0.3 is 5.11 Å². The van der Waals surface area contributed by atoms with Crippen molar-refractivity contribution in [3.63, 3.8) is 0 Å². The Kier molecular flexibility index (Phi) is 3.50. The zero-order chi connectivity index (χ0) is 9.14. The molecule has 0 aliphatic rings. The normalized spacial score (nSPS) is 13.0. The van der Waals surface area contributed by atoms with Crippen LogP contribution in [0, 0.1) is 0 Å². The fourth-order valence-electron chi connectivity index (χ4n) is 0.853. The van der Waals surface area contributed by atoms with Gasteiger partial charge in [0.15, 0.2) is 0 Å². The van der Waals surface area contributed by atoms with E-state index in [0.717, 1.165) is 4.47 Å². The highest BCUT2D eigenvalue weighted by Crippen LogP contribution is 2.26. The molecule has 1 aromatic carbocycles. The van der Waals surface area contributed by atoms with Gasteiger partial charge in [0.2, 0.25) is 0 Å². The quantitative estimate of drug-likeness (QED) is 0.859. The number of alkyl halides is 1. The summed E-state index contributed by atoms with van der Waals surface area (Å²) >= 11 is 8.92. The van der Waals surface area contributed by atoms with E-state index in [1.165, 1.54) is 0 Å². The van der Waals surface area contributed by atoms with E-state index in [0.29, 0.717) is 10.6 Å². The van der Waals surface area contributed by atoms with Crippen LogP contribution in [0.5, 0.6) is 0 Å². The molecule has 1 rings (SSSR count). The molecule has 0 radical (unpaired) electrons. The van der Waals surface area contributed by atoms with Gasteiger partial charge >= 0.3 is 0 Å². The standard InChI is InChI=1S/C8H7BrClFO/c9-5-1-2-7(10)6(3-5)8(12)4-11/h1-3,8,12H,4H2. The Bertz CT molecular complexity index is 280. The molecule has 12 heavy (non-hydrogen) atoms. The lowest BCUT2D eigenvalue weighted by Gasteiger charge is -2.08. The minimum Gasteiger partial charge on any atom is -0.386 e. The third-order valence-electron chi connectivity index (χ3n) is 1.46. The summed E-state index contributed by atoms with van der Waals surface area (Å²) in [5.74, 6) is 0. The van der Waals surface area contributed by atoms with Crippen LogP contribution in [-0.4, -0.2) is 11.8 Å². The maximum atomic E-state index is 12.1. The highest BCUT2D eigenvalue weighted by Gasteiger charge is 2.10. The SMILES string of the molecule is OC(CF)c1cc(Br)ccc1Cl. The van der Waals surface area contributed by atoms with E-state index in [1.807, 2.05) is 0 Å². The zero-order valence-corrected chi connectivity index (χ0v) is 8.44. The second-order valence-electron chi connectivity index (χ2n) is 2.34. The molecule has 0 amide bonds. The van der Waals surface area contributed by atoms with Gasteiger partial charge in [0.25, 0.3) is 0 Å². The number of aliphatic hydroxyl groups excluding tert-OH is 1. The van der Waals surface area contributed by atoms with Crippen molar-refractivity contribution in [2.75, 3.05) is 6.67 Å². The molecule has 1 nitrogen and oxygen atoms in total. The number of aliphatic hydroxyl groups is 1. The Morgan fingerprint density at radius 1 is 1.58 bits per heavy atom. The molecule has 1 N–H and O–H groups in total. The van der Waals surface area contributed by atoms with E-state index in [9.17, 15) is 4.39 Å². The highest BCUT2D eigenvalue weighted by molar-refractivity contribution is 9.10. The summed E-state index contributed by atoms with van der Waals surface area (Å²) in [6, 6.07) is 4.95. The molecule has 0 spiro atoms. The fraction of sp³-hybridized carbons (Fsp3) is 0.250. The number of halogens is 3. The molecule has 0 heterocycles. The van der Waals surface area contributed by atoms with E-state index < -0.39 is 12.8 Å². The van der Waals surface area contributed by atoms with Gasteiger partial charge in [-0.05, 0) is 18.2 Å². The number of hydrogen-bond donors (Lipinski definition) is 1. The molecule has 0 aliphatic heterocycles. The van der Waals surface area contributed by atoms with E-state index >= 15 is 0 Å². The van der Waals surface area contributed by atoms with Crippen LogP contribution in [0.1, 0.15) is 11.7 Å². The summed E-state index contributed by atoms with van der Waals surface area (Å²) in [6.45, 7) is -0.823. The van der Waals surface area contributed by atoms with Crippen molar-refractivity contribution in [3.05, 3.63) is 33.3 Å². The summed E-state index contributed by atoms with van der Waals surface area (Å²) in [6.07, 6.45) is -1.13. The predicted molar refractivity (Wildman–Crippen MR) is 50.1 cm³/mol. The minimum absolute atomic E-state index is 0.378. The van der Waals surface area contributed by atoms with E-state index in [-0.39, 0.29) is 0 Å². The molecule has 1 aromatic rings. The number of rotatable bonds is 2. The maximum Gasteiger partial charge on any atom is 0.120 e. The summed E-state index contributed by atoms with van der Waals surface area (Å²) < 4.78 is 12.8. The van der Waals surface area contributed by atoms with Crippen molar-refractivity contribution in [1.29, 1.82) is 0 Å². The fourth-order valence-corrected chi connectivity index (χ4v) is 1.48. The Hall–Kier alpha value is -0.120. The van der Waals surface area contributed by atoms with E-state index in [2.05, 4.69) is 15.9 Å². The molecule has 1 atom stereocenters. The number of benzene rings is 1. The van der Waals surface area contributed by atoms with Gasteiger partial charge in [0.05, 0.1) is 0 Å². The highest BCUT2D eigenvalue weighted by atomic mass is 79.9. The molecule has 0 saturated heterocycles. The van der Waals surface area contributed by atoms with Crippen LogP contribution in [0.4, 0.5) is 4.39 Å². The van der Waals surface area contributed by atoms with E-state index in [1.54, 1.807) is 18.2 Å². The first-order valence-corrected chi connectivity index (χ1v) is 4.51. The first kappa shape index (κ1) is 9.96. The lowest BCUT2D eigenvalue weighted by atomic mass is 10.1. The van der Waals surface area contributed by atoms with Gasteiger partial charge in [0.1, 0.15) is 12.8 Å². The van der Waals surface area contributed by atoms with Gasteiger partial charge in [-0.25, -0.2) is 4.39 Å². The van der Waals surface area contributed by atoms with E-state index in [4.69, 9.17) is 16.7 Å². The maximum absolute atomic E-state index is 12.1. The topological polar surface area (TPSA) is 20.2 Å². The van der Waals surface area contributed by atoms with Crippen LogP contribution < -0.4 is 0 Å². The molecule has 4 heteroatoms. The summed E-state index contributed by atoms with van der Waals surface area (Å²) in [7, 11) is 0. The monoisotopic (exact) mass is 252 g/mol. The summed E-state index contributed by atoms with van der Waals surface area (Å²) in [5.41, 5.74) is 0.411. The molecular weight excluding hydrogens is 246 g/mol. The van der Waals surface area contributed by atoms with Crippen LogP contribution in [0.25, 0.3) is 0 Å². The predicted octanol–water partition coefficient (Wildman–Crippen LogP) is 3.11. The third kappa shape index (κ3) is 2.19. The Morgan fingerprint density at radius 2 is 2.25 bits per heavy atom. The van der Waals surface area contributed by atoms with Crippen molar-refractivity contribution in [2.24, 2.45) is 0 Å². The average molecular weight is 253 g/mol. The zero-order valence-electron chi connectivity index (χ0n) is 6.10. The Labute approximate surface area is 83.3 Å². The minimum atomic E-state index is -1.13. The largest absolute Gasteiger partial charge is 0.386 e. The van der Waals surface area contributed by atoms with Gasteiger partial charge in [-0.15, -0.1) is 0 Å². The van der Waals surface area contributed by atoms with Crippen molar-refractivity contribution < 1.29 is 9.50 Å². The molecular formula is C8H7BrClFO. The second kappa shape index (κ2) is 4.21. The van der Waals surface area contributed by atoms with Gasteiger partial charge in [-0.3, -0.25) is 0 Å². The van der Waals surface area contributed by atoms with Crippen LogP contribution in [0.3, 0.4) is 0 Å². The van der Waals surface area contributed by atoms with Crippen LogP contribution in [-0.2, 0) is 0 Å². The lowest BCUT2D eigenvalue weighted by molar-refractivity contribution is 0.142.